The van der Waals surface area contributed by atoms with E-state index in [2.05, 4.69) is 17.4 Å². The summed E-state index contributed by atoms with van der Waals surface area (Å²) >= 11 is 0. The number of carbonyl (C=O) groups is 1. The number of rotatable bonds is 5. The predicted octanol–water partition coefficient (Wildman–Crippen LogP) is 2.70. The number of hydrogen-bond acceptors (Lipinski definition) is 1. The monoisotopic (exact) mass is 217 g/mol. The van der Waals surface area contributed by atoms with Gasteiger partial charge in [0.15, 0.2) is 0 Å². The molecule has 0 radical (unpaired) electrons. The Labute approximate surface area is 97.4 Å². The van der Waals surface area contributed by atoms with E-state index in [0.717, 1.165) is 12.8 Å². The lowest BCUT2D eigenvalue weighted by molar-refractivity contribution is -0.116. The van der Waals surface area contributed by atoms with Gasteiger partial charge in [0.1, 0.15) is 0 Å². The van der Waals surface area contributed by atoms with Crippen LogP contribution >= 0.6 is 0 Å². The maximum absolute atomic E-state index is 11.3. The summed E-state index contributed by atoms with van der Waals surface area (Å²) in [7, 11) is 0. The molecular formula is C14H19NO. The molecule has 0 fully saturated rings. The molecule has 0 unspecified atom stereocenters. The molecule has 1 rings (SSSR count). The Morgan fingerprint density at radius 3 is 2.62 bits per heavy atom. The van der Waals surface area contributed by atoms with E-state index >= 15 is 0 Å². The molecule has 86 valence electrons. The van der Waals surface area contributed by atoms with Crippen molar-refractivity contribution in [3.8, 4) is 0 Å². The molecule has 2 heteroatoms. The van der Waals surface area contributed by atoms with Gasteiger partial charge in [-0.2, -0.15) is 0 Å². The number of amides is 1. The second-order valence-corrected chi connectivity index (χ2v) is 4.09. The summed E-state index contributed by atoms with van der Waals surface area (Å²) in [5, 5.41) is 2.82. The molecule has 1 aromatic rings. The van der Waals surface area contributed by atoms with Crippen LogP contribution in [0.3, 0.4) is 0 Å². The second kappa shape index (κ2) is 6.83. The van der Waals surface area contributed by atoms with Crippen LogP contribution < -0.4 is 5.32 Å². The lowest BCUT2D eigenvalue weighted by Crippen LogP contribution is -2.28. The van der Waals surface area contributed by atoms with Gasteiger partial charge in [0.25, 0.3) is 0 Å². The minimum absolute atomic E-state index is 0.0111. The van der Waals surface area contributed by atoms with Crippen molar-refractivity contribution in [3.05, 3.63) is 48.0 Å². The van der Waals surface area contributed by atoms with Crippen LogP contribution in [-0.2, 0) is 11.2 Å². The maximum Gasteiger partial charge on any atom is 0.243 e. The molecule has 0 atom stereocenters. The number of benzene rings is 1. The molecule has 16 heavy (non-hydrogen) atoms. The van der Waals surface area contributed by atoms with Crippen molar-refractivity contribution in [2.45, 2.75) is 32.7 Å². The lowest BCUT2D eigenvalue weighted by atomic mass is 10.1. The molecule has 1 N–H and O–H groups in total. The second-order valence-electron chi connectivity index (χ2n) is 4.09. The predicted molar refractivity (Wildman–Crippen MR) is 67.2 cm³/mol. The molecule has 0 bridgehead atoms. The highest BCUT2D eigenvalue weighted by molar-refractivity contribution is 5.87. The van der Waals surface area contributed by atoms with E-state index in [1.165, 1.54) is 5.56 Å². The first kappa shape index (κ1) is 12.5. The van der Waals surface area contributed by atoms with Crippen LogP contribution in [0.2, 0.25) is 0 Å². The fourth-order valence-electron chi connectivity index (χ4n) is 1.42. The summed E-state index contributed by atoms with van der Waals surface area (Å²) in [6, 6.07) is 10.5. The van der Waals surface area contributed by atoms with Crippen molar-refractivity contribution in [2.75, 3.05) is 0 Å². The van der Waals surface area contributed by atoms with Crippen LogP contribution in [0, 0.1) is 0 Å². The maximum atomic E-state index is 11.3. The van der Waals surface area contributed by atoms with Gasteiger partial charge in [-0.1, -0.05) is 36.4 Å². The molecule has 0 spiro atoms. The zero-order valence-corrected chi connectivity index (χ0v) is 9.94. The number of allylic oxidation sites excluding steroid dienone is 1. The molecule has 0 heterocycles. The Morgan fingerprint density at radius 1 is 1.31 bits per heavy atom. The molecule has 2 nitrogen and oxygen atoms in total. The smallest absolute Gasteiger partial charge is 0.243 e. The van der Waals surface area contributed by atoms with Crippen LogP contribution in [0.15, 0.2) is 42.5 Å². The number of nitrogens with one attached hydrogen (secondary N) is 1. The van der Waals surface area contributed by atoms with E-state index in [-0.39, 0.29) is 11.9 Å². The average molecular weight is 217 g/mol. The van der Waals surface area contributed by atoms with Gasteiger partial charge in [-0.15, -0.1) is 0 Å². The van der Waals surface area contributed by atoms with E-state index in [1.807, 2.05) is 38.1 Å². The van der Waals surface area contributed by atoms with E-state index < -0.39 is 0 Å². The van der Waals surface area contributed by atoms with Crippen LogP contribution in [0.4, 0.5) is 0 Å². The minimum Gasteiger partial charge on any atom is -0.350 e. The fourth-order valence-corrected chi connectivity index (χ4v) is 1.42. The number of hydrogen-bond donors (Lipinski definition) is 1. The molecule has 0 saturated carbocycles. The van der Waals surface area contributed by atoms with Crippen molar-refractivity contribution in [2.24, 2.45) is 0 Å². The van der Waals surface area contributed by atoms with Crippen molar-refractivity contribution in [3.63, 3.8) is 0 Å². The highest BCUT2D eigenvalue weighted by atomic mass is 16.1. The summed E-state index contributed by atoms with van der Waals surface area (Å²) in [4.78, 5) is 11.3. The highest BCUT2D eigenvalue weighted by Crippen LogP contribution is 2.02. The lowest BCUT2D eigenvalue weighted by Gasteiger charge is -2.04. The Hall–Kier alpha value is -1.57. The molecule has 0 aliphatic heterocycles. The molecular weight excluding hydrogens is 198 g/mol. The Balaban J connectivity index is 2.25. The Bertz CT molecular complexity index is 341. The van der Waals surface area contributed by atoms with Crippen LogP contribution in [0.25, 0.3) is 0 Å². The van der Waals surface area contributed by atoms with Crippen LogP contribution in [-0.4, -0.2) is 11.9 Å². The molecule has 1 aromatic carbocycles. The molecule has 0 aromatic heterocycles. The van der Waals surface area contributed by atoms with Gasteiger partial charge in [-0.25, -0.2) is 0 Å². The number of carbonyl (C=O) groups excluding carboxylic acids is 1. The quantitative estimate of drug-likeness (QED) is 0.755. The Morgan fingerprint density at radius 2 is 2.00 bits per heavy atom. The first-order valence-corrected chi connectivity index (χ1v) is 5.69. The largest absolute Gasteiger partial charge is 0.350 e. The van der Waals surface area contributed by atoms with Crippen molar-refractivity contribution in [1.29, 1.82) is 0 Å². The zero-order chi connectivity index (χ0) is 11.8. The molecule has 0 aliphatic carbocycles. The van der Waals surface area contributed by atoms with Gasteiger partial charge in [-0.3, -0.25) is 4.79 Å². The standard InChI is InChI=1S/C14H19NO/c1-12(2)15-14(16)11-7-6-10-13-8-4-3-5-9-13/h3-5,7-9,11-12H,6,10H2,1-2H3,(H,15,16)/b11-7+. The van der Waals surface area contributed by atoms with Gasteiger partial charge in [-0.05, 0) is 38.3 Å². The van der Waals surface area contributed by atoms with Crippen LogP contribution in [0.1, 0.15) is 25.8 Å². The first-order valence-electron chi connectivity index (χ1n) is 5.69. The third-order valence-electron chi connectivity index (χ3n) is 2.14. The van der Waals surface area contributed by atoms with Crippen molar-refractivity contribution < 1.29 is 4.79 Å². The van der Waals surface area contributed by atoms with E-state index in [1.54, 1.807) is 6.08 Å². The molecule has 0 aliphatic rings. The van der Waals surface area contributed by atoms with E-state index in [0.29, 0.717) is 0 Å². The van der Waals surface area contributed by atoms with Crippen molar-refractivity contribution in [1.82, 2.24) is 5.32 Å². The number of aryl methyl sites for hydroxylation is 1. The summed E-state index contributed by atoms with van der Waals surface area (Å²) in [6.45, 7) is 3.91. The van der Waals surface area contributed by atoms with Gasteiger partial charge in [0, 0.05) is 6.04 Å². The minimum atomic E-state index is -0.0111. The normalized spacial score (nSPS) is 10.9. The molecule has 1 amide bonds. The van der Waals surface area contributed by atoms with Gasteiger partial charge < -0.3 is 5.32 Å². The average Bonchev–Trinajstić information content (AvgIpc) is 2.25. The van der Waals surface area contributed by atoms with E-state index in [4.69, 9.17) is 0 Å². The summed E-state index contributed by atoms with van der Waals surface area (Å²) in [5.41, 5.74) is 1.30. The molecule has 0 saturated heterocycles. The Kier molecular flexibility index (Phi) is 5.34. The SMILES string of the molecule is CC(C)NC(=O)/C=C/CCc1ccccc1. The van der Waals surface area contributed by atoms with Crippen molar-refractivity contribution >= 4 is 5.91 Å². The third-order valence-corrected chi connectivity index (χ3v) is 2.14. The fraction of sp³-hybridized carbons (Fsp3) is 0.357. The van der Waals surface area contributed by atoms with Crippen LogP contribution in [0.5, 0.6) is 0 Å². The topological polar surface area (TPSA) is 29.1 Å². The zero-order valence-electron chi connectivity index (χ0n) is 9.94. The van der Waals surface area contributed by atoms with Gasteiger partial charge in [0.2, 0.25) is 5.91 Å². The van der Waals surface area contributed by atoms with E-state index in [9.17, 15) is 4.79 Å². The van der Waals surface area contributed by atoms with Gasteiger partial charge in [0.05, 0.1) is 0 Å². The summed E-state index contributed by atoms with van der Waals surface area (Å²) in [5.74, 6) is -0.0111. The van der Waals surface area contributed by atoms with Gasteiger partial charge >= 0.3 is 0 Å². The summed E-state index contributed by atoms with van der Waals surface area (Å²) in [6.07, 6.45) is 5.41. The summed E-state index contributed by atoms with van der Waals surface area (Å²) < 4.78 is 0. The first-order chi connectivity index (χ1) is 7.68. The third kappa shape index (κ3) is 5.35. The highest BCUT2D eigenvalue weighted by Gasteiger charge is 1.96.